The van der Waals surface area contributed by atoms with Gasteiger partial charge in [-0.2, -0.15) is 0 Å². The van der Waals surface area contributed by atoms with Gasteiger partial charge in [0, 0.05) is 15.1 Å². The number of methoxy groups -OCH3 is 1. The molecular weight excluding hydrogens is 409 g/mol. The molecule has 104 valence electrons. The maximum Gasteiger partial charge on any atom is 0.255 e. The highest BCUT2D eigenvalue weighted by molar-refractivity contribution is 9.10. The molecule has 6 heteroatoms. The summed E-state index contributed by atoms with van der Waals surface area (Å²) in [6, 6.07) is 10.5. The molecule has 2 rings (SSSR count). The van der Waals surface area contributed by atoms with Crippen molar-refractivity contribution >= 4 is 55.1 Å². The van der Waals surface area contributed by atoms with Crippen molar-refractivity contribution in [2.45, 2.75) is 0 Å². The second kappa shape index (κ2) is 6.61. The van der Waals surface area contributed by atoms with Crippen LogP contribution in [0.15, 0.2) is 45.3 Å². The molecule has 2 aromatic carbocycles. The van der Waals surface area contributed by atoms with Gasteiger partial charge >= 0.3 is 0 Å². The van der Waals surface area contributed by atoms with Crippen LogP contribution in [0.25, 0.3) is 0 Å². The van der Waals surface area contributed by atoms with Crippen LogP contribution in [0.2, 0.25) is 5.02 Å². The van der Waals surface area contributed by atoms with E-state index >= 15 is 0 Å². The number of halogens is 3. The molecular formula is C14H10Br2ClNO2. The van der Waals surface area contributed by atoms with E-state index in [0.29, 0.717) is 26.5 Å². The number of rotatable bonds is 3. The molecule has 1 amide bonds. The third-order valence-corrected chi connectivity index (χ3v) is 3.85. The minimum absolute atomic E-state index is 0.237. The molecule has 3 nitrogen and oxygen atoms in total. The van der Waals surface area contributed by atoms with Gasteiger partial charge in [-0.15, -0.1) is 0 Å². The Morgan fingerprint density at radius 1 is 1.25 bits per heavy atom. The summed E-state index contributed by atoms with van der Waals surface area (Å²) in [5.41, 5.74) is 1.05. The smallest absolute Gasteiger partial charge is 0.255 e. The van der Waals surface area contributed by atoms with Gasteiger partial charge in [0.2, 0.25) is 0 Å². The molecule has 0 aromatic heterocycles. The molecule has 0 aliphatic carbocycles. The lowest BCUT2D eigenvalue weighted by atomic mass is 10.2. The summed E-state index contributed by atoms with van der Waals surface area (Å²) < 4.78 is 6.78. The third-order valence-electron chi connectivity index (χ3n) is 2.55. The molecule has 0 saturated carbocycles. The molecule has 0 spiro atoms. The van der Waals surface area contributed by atoms with E-state index < -0.39 is 0 Å². The predicted molar refractivity (Wildman–Crippen MR) is 87.8 cm³/mol. The van der Waals surface area contributed by atoms with Gasteiger partial charge in [-0.05, 0) is 46.3 Å². The molecule has 0 fully saturated rings. The summed E-state index contributed by atoms with van der Waals surface area (Å²) in [5.74, 6) is 0.288. The summed E-state index contributed by atoms with van der Waals surface area (Å²) in [5, 5.41) is 3.29. The van der Waals surface area contributed by atoms with Gasteiger partial charge in [0.25, 0.3) is 5.91 Å². The van der Waals surface area contributed by atoms with Gasteiger partial charge in [-0.1, -0.05) is 33.6 Å². The Bertz CT molecular complexity index is 662. The van der Waals surface area contributed by atoms with Crippen LogP contribution in [-0.2, 0) is 0 Å². The van der Waals surface area contributed by atoms with Crippen molar-refractivity contribution in [3.05, 3.63) is 55.9 Å². The van der Waals surface area contributed by atoms with E-state index in [1.165, 1.54) is 7.11 Å². The van der Waals surface area contributed by atoms with Crippen LogP contribution in [-0.4, -0.2) is 13.0 Å². The van der Waals surface area contributed by atoms with Gasteiger partial charge < -0.3 is 10.1 Å². The van der Waals surface area contributed by atoms with Crippen LogP contribution >= 0.6 is 43.5 Å². The number of amides is 1. The lowest BCUT2D eigenvalue weighted by Gasteiger charge is -2.12. The molecule has 0 aliphatic rings. The van der Waals surface area contributed by atoms with E-state index in [4.69, 9.17) is 16.3 Å². The Labute approximate surface area is 138 Å². The van der Waals surface area contributed by atoms with Crippen LogP contribution in [0.4, 0.5) is 5.69 Å². The Balaban J connectivity index is 2.32. The topological polar surface area (TPSA) is 38.3 Å². The maximum absolute atomic E-state index is 12.2. The molecule has 0 heterocycles. The third kappa shape index (κ3) is 3.53. The van der Waals surface area contributed by atoms with Crippen LogP contribution < -0.4 is 10.1 Å². The second-order valence-electron chi connectivity index (χ2n) is 3.93. The summed E-state index contributed by atoms with van der Waals surface area (Å²) in [6.45, 7) is 0. The first-order valence-corrected chi connectivity index (χ1v) is 7.57. The van der Waals surface area contributed by atoms with Crippen molar-refractivity contribution in [1.82, 2.24) is 0 Å². The molecule has 0 aliphatic heterocycles. The molecule has 0 atom stereocenters. The van der Waals surface area contributed by atoms with Crippen LogP contribution in [0.3, 0.4) is 0 Å². The minimum atomic E-state index is -0.237. The lowest BCUT2D eigenvalue weighted by Crippen LogP contribution is -2.12. The highest BCUT2D eigenvalue weighted by Crippen LogP contribution is 2.36. The van der Waals surface area contributed by atoms with E-state index in [1.807, 2.05) is 6.07 Å². The summed E-state index contributed by atoms with van der Waals surface area (Å²) in [4.78, 5) is 12.2. The molecule has 0 bridgehead atoms. The van der Waals surface area contributed by atoms with E-state index in [2.05, 4.69) is 37.2 Å². The molecule has 2 aromatic rings. The Hall–Kier alpha value is -1.04. The number of carbonyl (C=O) groups excluding carboxylic acids is 1. The van der Waals surface area contributed by atoms with Crippen LogP contribution in [0, 0.1) is 0 Å². The van der Waals surface area contributed by atoms with Crippen LogP contribution in [0.5, 0.6) is 5.75 Å². The molecule has 20 heavy (non-hydrogen) atoms. The average Bonchev–Trinajstić information content (AvgIpc) is 2.38. The van der Waals surface area contributed by atoms with Crippen LogP contribution in [0.1, 0.15) is 10.4 Å². The van der Waals surface area contributed by atoms with Crippen molar-refractivity contribution in [2.75, 3.05) is 12.4 Å². The fourth-order valence-electron chi connectivity index (χ4n) is 1.68. The largest absolute Gasteiger partial charge is 0.493 e. The van der Waals surface area contributed by atoms with Crippen molar-refractivity contribution in [3.8, 4) is 5.75 Å². The highest BCUT2D eigenvalue weighted by Gasteiger charge is 2.13. The monoisotopic (exact) mass is 417 g/mol. The summed E-state index contributed by atoms with van der Waals surface area (Å²) in [6.07, 6.45) is 0. The SMILES string of the molecule is COc1c(Br)cc(Cl)cc1NC(=O)c1cccc(Br)c1. The first kappa shape index (κ1) is 15.4. The first-order chi connectivity index (χ1) is 9.51. The maximum atomic E-state index is 12.2. The van der Waals surface area contributed by atoms with Crippen molar-refractivity contribution < 1.29 is 9.53 Å². The standard InChI is InChI=1S/C14H10Br2ClNO2/c1-20-13-11(16)6-10(17)7-12(13)18-14(19)8-3-2-4-9(15)5-8/h2-7H,1H3,(H,18,19). The van der Waals surface area contributed by atoms with Gasteiger partial charge in [0.05, 0.1) is 17.3 Å². The molecule has 0 unspecified atom stereocenters. The minimum Gasteiger partial charge on any atom is -0.493 e. The predicted octanol–water partition coefficient (Wildman–Crippen LogP) is 5.13. The zero-order valence-electron chi connectivity index (χ0n) is 10.4. The van der Waals surface area contributed by atoms with E-state index in [9.17, 15) is 4.79 Å². The number of anilines is 1. The van der Waals surface area contributed by atoms with E-state index in [-0.39, 0.29) is 5.91 Å². The second-order valence-corrected chi connectivity index (χ2v) is 6.14. The summed E-state index contributed by atoms with van der Waals surface area (Å²) >= 11 is 12.7. The van der Waals surface area contributed by atoms with Crippen molar-refractivity contribution in [3.63, 3.8) is 0 Å². The van der Waals surface area contributed by atoms with Gasteiger partial charge in [-0.25, -0.2) is 0 Å². The number of benzene rings is 2. The Morgan fingerprint density at radius 2 is 2.00 bits per heavy atom. The van der Waals surface area contributed by atoms with E-state index in [1.54, 1.807) is 30.3 Å². The Morgan fingerprint density at radius 3 is 2.65 bits per heavy atom. The number of hydrogen-bond donors (Lipinski definition) is 1. The van der Waals surface area contributed by atoms with E-state index in [0.717, 1.165) is 4.47 Å². The fourth-order valence-corrected chi connectivity index (χ4v) is 3.06. The molecule has 0 radical (unpaired) electrons. The molecule has 1 N–H and O–H groups in total. The van der Waals surface area contributed by atoms with Crippen molar-refractivity contribution in [2.24, 2.45) is 0 Å². The molecule has 0 saturated heterocycles. The Kier molecular flexibility index (Phi) is 5.07. The highest BCUT2D eigenvalue weighted by atomic mass is 79.9. The zero-order valence-corrected chi connectivity index (χ0v) is 14.3. The number of hydrogen-bond acceptors (Lipinski definition) is 2. The average molecular weight is 420 g/mol. The fraction of sp³-hybridized carbons (Fsp3) is 0.0714. The zero-order chi connectivity index (χ0) is 14.7. The number of carbonyl (C=O) groups is 1. The van der Waals surface area contributed by atoms with Crippen molar-refractivity contribution in [1.29, 1.82) is 0 Å². The lowest BCUT2D eigenvalue weighted by molar-refractivity contribution is 0.102. The number of ether oxygens (including phenoxy) is 1. The quantitative estimate of drug-likeness (QED) is 0.749. The van der Waals surface area contributed by atoms with Gasteiger partial charge in [0.15, 0.2) is 5.75 Å². The first-order valence-electron chi connectivity index (χ1n) is 5.61. The van der Waals surface area contributed by atoms with Gasteiger partial charge in [0.1, 0.15) is 0 Å². The van der Waals surface area contributed by atoms with Gasteiger partial charge in [-0.3, -0.25) is 4.79 Å². The summed E-state index contributed by atoms with van der Waals surface area (Å²) in [7, 11) is 1.53. The normalized spacial score (nSPS) is 10.2. The number of nitrogens with one attached hydrogen (secondary N) is 1.